The molecule has 1 aromatic heterocycles. The van der Waals surface area contributed by atoms with Gasteiger partial charge in [-0.05, 0) is 6.42 Å². The van der Waals surface area contributed by atoms with Gasteiger partial charge >= 0.3 is 0 Å². The number of hydrogen-bond donors (Lipinski definition) is 2. The number of hydrogen-bond acceptors (Lipinski definition) is 7. The molecule has 3 rings (SSSR count). The molecule has 2 aliphatic heterocycles. The van der Waals surface area contributed by atoms with Gasteiger partial charge in [-0.2, -0.15) is 4.98 Å². The number of nitrogens with one attached hydrogen (secondary N) is 1. The van der Waals surface area contributed by atoms with Gasteiger partial charge in [-0.15, -0.1) is 0 Å². The second kappa shape index (κ2) is 5.19. The van der Waals surface area contributed by atoms with Crippen molar-refractivity contribution in [2.75, 3.05) is 43.0 Å². The highest BCUT2D eigenvalue weighted by molar-refractivity contribution is 5.72. The van der Waals surface area contributed by atoms with Crippen molar-refractivity contribution in [1.82, 2.24) is 9.97 Å². The molecule has 8 nitrogen and oxygen atoms in total. The monoisotopic (exact) mass is 295 g/mol. The third-order valence-electron chi connectivity index (χ3n) is 4.03. The van der Waals surface area contributed by atoms with Crippen LogP contribution in [-0.2, 0) is 9.47 Å². The molecule has 21 heavy (non-hydrogen) atoms. The van der Waals surface area contributed by atoms with E-state index in [9.17, 15) is 4.79 Å². The van der Waals surface area contributed by atoms with Gasteiger partial charge in [0.05, 0.1) is 19.4 Å². The van der Waals surface area contributed by atoms with E-state index in [1.807, 2.05) is 16.8 Å². The van der Waals surface area contributed by atoms with Gasteiger partial charge in [0.15, 0.2) is 5.82 Å². The molecule has 0 saturated carbocycles. The molecule has 2 aliphatic rings. The second-order valence-electron chi connectivity index (χ2n) is 5.75. The lowest BCUT2D eigenvalue weighted by atomic mass is 10.1. The average molecular weight is 295 g/mol. The number of nitrogen functional groups attached to an aromatic ring is 1. The lowest BCUT2D eigenvalue weighted by Crippen LogP contribution is -2.41. The minimum atomic E-state index is -0.221. The Kier molecular flexibility index (Phi) is 3.50. The van der Waals surface area contributed by atoms with Gasteiger partial charge in [-0.3, -0.25) is 9.78 Å². The maximum Gasteiger partial charge on any atom is 0.278 e. The van der Waals surface area contributed by atoms with E-state index >= 15 is 0 Å². The summed E-state index contributed by atoms with van der Waals surface area (Å²) in [6.07, 6.45) is 0.874. The molecule has 3 heterocycles. The SMILES string of the molecule is COC[C@@H]1CC(C)[C@H](N2CN(C)c3c2nc(N)[nH]c3=O)O1. The standard InChI is InChI=1S/C13H21N5O3/c1-7-4-8(5-20-3)21-12(7)18-6-17(2)9-10(18)15-13(14)16-11(9)19/h7-8,12H,4-6H2,1-3H3,(H3,14,15,16,19)/t7?,8-,12+/m0/s1. The zero-order valence-corrected chi connectivity index (χ0v) is 12.5. The highest BCUT2D eigenvalue weighted by Crippen LogP contribution is 2.37. The summed E-state index contributed by atoms with van der Waals surface area (Å²) >= 11 is 0. The molecule has 3 atom stereocenters. The number of ether oxygens (including phenoxy) is 2. The number of fused-ring (bicyclic) bond motifs is 1. The molecule has 0 spiro atoms. The predicted octanol–water partition coefficient (Wildman–Crippen LogP) is -0.0367. The normalized spacial score (nSPS) is 28.2. The number of nitrogens with zero attached hydrogens (tertiary/aromatic N) is 3. The third kappa shape index (κ3) is 2.34. The van der Waals surface area contributed by atoms with Crippen LogP contribution in [0.2, 0.25) is 0 Å². The fourth-order valence-corrected chi connectivity index (χ4v) is 3.18. The predicted molar refractivity (Wildman–Crippen MR) is 79.3 cm³/mol. The maximum absolute atomic E-state index is 12.0. The molecule has 1 fully saturated rings. The van der Waals surface area contributed by atoms with Crippen LogP contribution in [0.1, 0.15) is 13.3 Å². The number of rotatable bonds is 3. The van der Waals surface area contributed by atoms with Crippen LogP contribution >= 0.6 is 0 Å². The first-order chi connectivity index (χ1) is 10.0. The van der Waals surface area contributed by atoms with Crippen LogP contribution in [0.15, 0.2) is 4.79 Å². The molecule has 0 aromatic carbocycles. The average Bonchev–Trinajstić information content (AvgIpc) is 2.91. The number of H-pyrrole nitrogens is 1. The fourth-order valence-electron chi connectivity index (χ4n) is 3.18. The van der Waals surface area contributed by atoms with Gasteiger partial charge in [-0.1, -0.05) is 6.92 Å². The van der Waals surface area contributed by atoms with Gasteiger partial charge in [-0.25, -0.2) is 0 Å². The largest absolute Gasteiger partial charge is 0.382 e. The minimum Gasteiger partial charge on any atom is -0.382 e. The molecule has 1 aromatic rings. The third-order valence-corrected chi connectivity index (χ3v) is 4.03. The Balaban J connectivity index is 1.91. The van der Waals surface area contributed by atoms with Crippen molar-refractivity contribution >= 4 is 17.5 Å². The summed E-state index contributed by atoms with van der Waals surface area (Å²) in [5.41, 5.74) is 5.99. The first-order valence-electron chi connectivity index (χ1n) is 7.03. The van der Waals surface area contributed by atoms with E-state index < -0.39 is 0 Å². The molecule has 0 bridgehead atoms. The molecule has 0 aliphatic carbocycles. The van der Waals surface area contributed by atoms with Crippen LogP contribution in [-0.4, -0.2) is 49.7 Å². The van der Waals surface area contributed by atoms with Crippen LogP contribution in [0.4, 0.5) is 17.5 Å². The second-order valence-corrected chi connectivity index (χ2v) is 5.75. The number of anilines is 3. The first-order valence-corrected chi connectivity index (χ1v) is 7.03. The van der Waals surface area contributed by atoms with Gasteiger partial charge in [0.2, 0.25) is 5.95 Å². The van der Waals surface area contributed by atoms with E-state index in [1.54, 1.807) is 7.11 Å². The van der Waals surface area contributed by atoms with E-state index in [1.165, 1.54) is 0 Å². The Morgan fingerprint density at radius 1 is 1.57 bits per heavy atom. The van der Waals surface area contributed by atoms with Crippen molar-refractivity contribution < 1.29 is 9.47 Å². The summed E-state index contributed by atoms with van der Waals surface area (Å²) in [6.45, 7) is 3.26. The Hall–Kier alpha value is -1.80. The Morgan fingerprint density at radius 3 is 3.05 bits per heavy atom. The number of aromatic amines is 1. The topological polar surface area (TPSA) is 96.7 Å². The van der Waals surface area contributed by atoms with Gasteiger partial charge < -0.3 is 25.0 Å². The maximum atomic E-state index is 12.0. The smallest absolute Gasteiger partial charge is 0.278 e. The molecule has 116 valence electrons. The summed E-state index contributed by atoms with van der Waals surface area (Å²) in [5, 5.41) is 0. The van der Waals surface area contributed by atoms with Gasteiger partial charge in [0.1, 0.15) is 11.9 Å². The van der Waals surface area contributed by atoms with E-state index in [-0.39, 0.29) is 23.8 Å². The molecule has 3 N–H and O–H groups in total. The minimum absolute atomic E-state index is 0.0729. The summed E-state index contributed by atoms with van der Waals surface area (Å²) in [7, 11) is 3.53. The molecule has 1 unspecified atom stereocenters. The van der Waals surface area contributed by atoms with Crippen molar-refractivity contribution in [2.45, 2.75) is 25.7 Å². The van der Waals surface area contributed by atoms with Crippen LogP contribution < -0.4 is 21.1 Å². The van der Waals surface area contributed by atoms with Crippen molar-refractivity contribution in [2.24, 2.45) is 5.92 Å². The van der Waals surface area contributed by atoms with Crippen molar-refractivity contribution in [3.63, 3.8) is 0 Å². The van der Waals surface area contributed by atoms with Crippen molar-refractivity contribution in [3.8, 4) is 0 Å². The molecule has 1 saturated heterocycles. The molecular formula is C13H21N5O3. The van der Waals surface area contributed by atoms with E-state index in [0.29, 0.717) is 30.7 Å². The number of nitrogens with two attached hydrogens (primary N) is 1. The summed E-state index contributed by atoms with van der Waals surface area (Å²) in [6, 6.07) is 0. The molecule has 0 amide bonds. The van der Waals surface area contributed by atoms with Crippen LogP contribution in [0.5, 0.6) is 0 Å². The highest BCUT2D eigenvalue weighted by Gasteiger charge is 2.41. The zero-order valence-electron chi connectivity index (χ0n) is 12.5. The molecular weight excluding hydrogens is 274 g/mol. The van der Waals surface area contributed by atoms with Crippen molar-refractivity contribution in [3.05, 3.63) is 10.4 Å². The van der Waals surface area contributed by atoms with E-state index in [4.69, 9.17) is 15.2 Å². The molecule has 0 radical (unpaired) electrons. The highest BCUT2D eigenvalue weighted by atomic mass is 16.5. The van der Waals surface area contributed by atoms with Crippen molar-refractivity contribution in [1.29, 1.82) is 0 Å². The first kappa shape index (κ1) is 14.2. The van der Waals surface area contributed by atoms with E-state index in [2.05, 4.69) is 16.9 Å². The van der Waals surface area contributed by atoms with E-state index in [0.717, 1.165) is 6.42 Å². The quantitative estimate of drug-likeness (QED) is 0.807. The Morgan fingerprint density at radius 2 is 2.33 bits per heavy atom. The number of methoxy groups -OCH3 is 1. The fraction of sp³-hybridized carbons (Fsp3) is 0.692. The van der Waals surface area contributed by atoms with Crippen LogP contribution in [0.25, 0.3) is 0 Å². The summed E-state index contributed by atoms with van der Waals surface area (Å²) in [4.78, 5) is 22.7. The Bertz CT molecular complexity index is 590. The summed E-state index contributed by atoms with van der Waals surface area (Å²) < 4.78 is 11.2. The molecule has 8 heteroatoms. The van der Waals surface area contributed by atoms with Crippen LogP contribution in [0.3, 0.4) is 0 Å². The summed E-state index contributed by atoms with van der Waals surface area (Å²) in [5.74, 6) is 1.04. The van der Waals surface area contributed by atoms with Gasteiger partial charge in [0.25, 0.3) is 5.56 Å². The van der Waals surface area contributed by atoms with Crippen LogP contribution in [0, 0.1) is 5.92 Å². The lowest BCUT2D eigenvalue weighted by molar-refractivity contribution is -0.00631. The zero-order chi connectivity index (χ0) is 15.1. The lowest BCUT2D eigenvalue weighted by Gasteiger charge is -2.28. The van der Waals surface area contributed by atoms with Gasteiger partial charge in [0, 0.05) is 20.1 Å². The Labute approximate surface area is 122 Å². The number of aromatic nitrogens is 2.